The number of aromatic nitrogens is 1. The number of benzene rings is 2. The smallest absolute Gasteiger partial charge is 0.393 e. The zero-order chi connectivity index (χ0) is 34.1. The lowest BCUT2D eigenvalue weighted by molar-refractivity contribution is -0.137. The summed E-state index contributed by atoms with van der Waals surface area (Å²) < 4.78 is 40.9. The van der Waals surface area contributed by atoms with Gasteiger partial charge < -0.3 is 10.2 Å². The molecule has 0 saturated heterocycles. The molecule has 2 aromatic carbocycles. The van der Waals surface area contributed by atoms with Crippen LogP contribution in [0.25, 0.3) is 0 Å². The van der Waals surface area contributed by atoms with E-state index in [2.05, 4.69) is 24.1 Å². The Labute approximate surface area is 278 Å². The second-order valence-electron chi connectivity index (χ2n) is 13.5. The van der Waals surface area contributed by atoms with Crippen LogP contribution in [0.5, 0.6) is 0 Å². The van der Waals surface area contributed by atoms with Gasteiger partial charge in [-0.05, 0) is 113 Å². The molecule has 6 rings (SSSR count). The maximum absolute atomic E-state index is 14.2. The Morgan fingerprint density at radius 3 is 2.60 bits per heavy atom. The summed E-state index contributed by atoms with van der Waals surface area (Å²) in [4.78, 5) is 18.8. The first kappa shape index (κ1) is 34.9. The van der Waals surface area contributed by atoms with Crippen molar-refractivity contribution in [2.24, 2.45) is 5.41 Å². The predicted molar refractivity (Wildman–Crippen MR) is 177 cm³/mol. The van der Waals surface area contributed by atoms with Crippen molar-refractivity contribution in [1.82, 2.24) is 4.98 Å². The van der Waals surface area contributed by atoms with Crippen LogP contribution < -0.4 is 0 Å². The number of alkyl halides is 3. The number of aryl methyl sites for hydroxylation is 2. The molecule has 5 nitrogen and oxygen atoms in total. The van der Waals surface area contributed by atoms with E-state index in [9.17, 15) is 33.4 Å². The van der Waals surface area contributed by atoms with Crippen molar-refractivity contribution in [3.63, 3.8) is 0 Å². The fourth-order valence-electron chi connectivity index (χ4n) is 7.40. The summed E-state index contributed by atoms with van der Waals surface area (Å²) >= 11 is 1.37. The quantitative estimate of drug-likeness (QED) is 0.161. The molecule has 3 aliphatic carbocycles. The highest BCUT2D eigenvalue weighted by Crippen LogP contribution is 2.59. The molecule has 1 fully saturated rings. The van der Waals surface area contributed by atoms with Crippen LogP contribution in [0.3, 0.4) is 0 Å². The van der Waals surface area contributed by atoms with E-state index in [0.717, 1.165) is 34.5 Å². The van der Waals surface area contributed by atoms with E-state index in [1.165, 1.54) is 23.9 Å². The van der Waals surface area contributed by atoms with E-state index < -0.39 is 34.6 Å². The van der Waals surface area contributed by atoms with Gasteiger partial charge in [0.15, 0.2) is 5.78 Å². The Hall–Kier alpha value is -3.45. The lowest BCUT2D eigenvalue weighted by atomic mass is 9.65. The van der Waals surface area contributed by atoms with E-state index in [0.29, 0.717) is 66.7 Å². The number of halogens is 3. The molecule has 1 heterocycles. The third-order valence-electron chi connectivity index (χ3n) is 10.2. The number of pyridine rings is 1. The van der Waals surface area contributed by atoms with Gasteiger partial charge in [0.1, 0.15) is 11.1 Å². The summed E-state index contributed by atoms with van der Waals surface area (Å²) in [6, 6.07) is 14.1. The Morgan fingerprint density at radius 1 is 1.11 bits per heavy atom. The maximum Gasteiger partial charge on any atom is 0.416 e. The first-order valence-corrected chi connectivity index (χ1v) is 17.1. The normalized spacial score (nSPS) is 25.1. The Bertz CT molecular complexity index is 1750. The topological polar surface area (TPSA) is 94.2 Å². The van der Waals surface area contributed by atoms with Crippen molar-refractivity contribution in [3.05, 3.63) is 105 Å². The van der Waals surface area contributed by atoms with Gasteiger partial charge in [0, 0.05) is 28.0 Å². The summed E-state index contributed by atoms with van der Waals surface area (Å²) in [6.45, 7) is 7.84. The summed E-state index contributed by atoms with van der Waals surface area (Å²) in [5, 5.41) is 33.8. The molecule has 3 aliphatic rings. The molecule has 2 bridgehead atoms. The molecule has 2 N–H and O–H groups in total. The van der Waals surface area contributed by atoms with E-state index >= 15 is 0 Å². The fraction of sp³-hybridized carbons (Fsp3) is 0.447. The highest BCUT2D eigenvalue weighted by Gasteiger charge is 2.56. The number of aliphatic hydroxyl groups is 2. The first-order valence-electron chi connectivity index (χ1n) is 16.1. The number of allylic oxidation sites excluding steroid dienone is 2. The number of nitrogens with zero attached hydrogens (tertiary/aromatic N) is 2. The van der Waals surface area contributed by atoms with E-state index in [-0.39, 0.29) is 17.2 Å². The van der Waals surface area contributed by atoms with Crippen LogP contribution in [0.4, 0.5) is 13.2 Å². The van der Waals surface area contributed by atoms with Gasteiger partial charge in [-0.15, -0.1) is 11.8 Å². The number of hydrogen-bond donors (Lipinski definition) is 2. The van der Waals surface area contributed by atoms with Crippen LogP contribution in [-0.4, -0.2) is 38.4 Å². The number of hydrogen-bond acceptors (Lipinski definition) is 6. The minimum atomic E-state index is -4.60. The molecule has 4 atom stereocenters. The van der Waals surface area contributed by atoms with Gasteiger partial charge in [-0.3, -0.25) is 4.79 Å². The first-order chi connectivity index (χ1) is 22.1. The zero-order valence-electron chi connectivity index (χ0n) is 27.2. The highest BCUT2D eigenvalue weighted by atomic mass is 32.2. The molecular formula is C38H41F3N2O3S. The fourth-order valence-corrected chi connectivity index (χ4v) is 8.81. The lowest BCUT2D eigenvalue weighted by Gasteiger charge is -2.44. The summed E-state index contributed by atoms with van der Waals surface area (Å²) in [5.41, 5.74) is 2.09. The molecular weight excluding hydrogens is 621 g/mol. The van der Waals surface area contributed by atoms with E-state index in [4.69, 9.17) is 0 Å². The van der Waals surface area contributed by atoms with E-state index in [1.54, 1.807) is 6.07 Å². The number of carbonyl (C=O) groups is 1. The maximum atomic E-state index is 14.2. The molecule has 9 heteroatoms. The second-order valence-corrected chi connectivity index (χ2v) is 14.5. The van der Waals surface area contributed by atoms with Crippen LogP contribution in [0.1, 0.15) is 108 Å². The summed E-state index contributed by atoms with van der Waals surface area (Å²) in [7, 11) is 0. The van der Waals surface area contributed by atoms with Gasteiger partial charge in [0.2, 0.25) is 0 Å². The molecule has 0 spiro atoms. The molecule has 1 saturated carbocycles. The molecule has 0 amide bonds. The van der Waals surface area contributed by atoms with Crippen molar-refractivity contribution in [3.8, 4) is 6.07 Å². The van der Waals surface area contributed by atoms with Gasteiger partial charge in [-0.1, -0.05) is 42.8 Å². The molecule has 1 aromatic heterocycles. The SMILES string of the molecule is CC1=CCC[C@@]2(C)[C@@H](CC[C@@]2(O)CSc2nc(C)cc(C)c2C#N)c2ccc(cc2C(=O)c2cccc(C(F)(F)F)c2)C[C@@H](O)CC1. The highest BCUT2D eigenvalue weighted by molar-refractivity contribution is 7.99. The zero-order valence-corrected chi connectivity index (χ0v) is 28.1. The van der Waals surface area contributed by atoms with Gasteiger partial charge in [0.05, 0.1) is 22.8 Å². The number of nitriles is 1. The average Bonchev–Trinajstić information content (AvgIpc) is 3.27. The molecule has 47 heavy (non-hydrogen) atoms. The summed E-state index contributed by atoms with van der Waals surface area (Å²) in [6.07, 6.45) is 0.724. The van der Waals surface area contributed by atoms with E-state index in [1.807, 2.05) is 39.0 Å². The molecule has 3 aromatic rings. The third kappa shape index (κ3) is 7.20. The van der Waals surface area contributed by atoms with Gasteiger partial charge in [0.25, 0.3) is 0 Å². The molecule has 0 radical (unpaired) electrons. The number of aliphatic hydroxyl groups excluding tert-OH is 1. The number of rotatable bonds is 5. The van der Waals surface area contributed by atoms with Crippen LogP contribution in [0.2, 0.25) is 0 Å². The van der Waals surface area contributed by atoms with Gasteiger partial charge in [-0.25, -0.2) is 4.98 Å². The minimum absolute atomic E-state index is 0.0612. The Balaban J connectivity index is 1.61. The third-order valence-corrected chi connectivity index (χ3v) is 11.4. The van der Waals surface area contributed by atoms with Crippen LogP contribution in [0.15, 0.2) is 65.2 Å². The second kappa shape index (κ2) is 13.6. The average molecular weight is 663 g/mol. The Kier molecular flexibility index (Phi) is 10.1. The number of ketones is 1. The predicted octanol–water partition coefficient (Wildman–Crippen LogP) is 8.65. The number of fused-ring (bicyclic) bond motifs is 8. The van der Waals surface area contributed by atoms with Crippen molar-refractivity contribution >= 4 is 17.5 Å². The van der Waals surface area contributed by atoms with Crippen molar-refractivity contribution in [1.29, 1.82) is 5.26 Å². The molecule has 0 unspecified atom stereocenters. The van der Waals surface area contributed by atoms with Crippen molar-refractivity contribution in [2.75, 3.05) is 5.75 Å². The molecule has 248 valence electrons. The van der Waals surface area contributed by atoms with Crippen LogP contribution in [-0.2, 0) is 12.6 Å². The lowest BCUT2D eigenvalue weighted by Crippen LogP contribution is -2.46. The van der Waals surface area contributed by atoms with Crippen molar-refractivity contribution in [2.45, 2.75) is 101 Å². The van der Waals surface area contributed by atoms with Crippen molar-refractivity contribution < 1.29 is 28.2 Å². The largest absolute Gasteiger partial charge is 0.416 e. The minimum Gasteiger partial charge on any atom is -0.393 e. The standard InChI is InChI=1S/C38H41F3N2O3S/c1-23-7-6-15-36(4)33(14-16-37(36,46)22-47-35-32(21-42)24(2)17-25(3)43-35)30-13-11-26(18-29(44)12-10-23)19-31(30)34(45)27-8-5-9-28(20-27)38(39,40)41/h5,7-9,11,13,17,19-20,29,33,44,46H,6,10,12,14-16,18,22H2,1-4H3/t29-,33-,36-,37+/m0/s1. The van der Waals surface area contributed by atoms with Gasteiger partial charge in [-0.2, -0.15) is 18.4 Å². The van der Waals surface area contributed by atoms with Gasteiger partial charge >= 0.3 is 6.18 Å². The summed E-state index contributed by atoms with van der Waals surface area (Å²) in [5.74, 6) is -0.513. The monoisotopic (exact) mass is 662 g/mol. The number of carbonyl (C=O) groups excluding carboxylic acids is 1. The number of thioether (sulfide) groups is 1. The molecule has 0 aliphatic heterocycles. The Morgan fingerprint density at radius 2 is 1.87 bits per heavy atom. The van der Waals surface area contributed by atoms with Crippen LogP contribution in [0, 0.1) is 30.6 Å². The van der Waals surface area contributed by atoms with Crippen LogP contribution >= 0.6 is 11.8 Å².